The highest BCUT2D eigenvalue weighted by Crippen LogP contribution is 2.22. The van der Waals surface area contributed by atoms with Crippen molar-refractivity contribution in [2.75, 3.05) is 44.2 Å². The van der Waals surface area contributed by atoms with Crippen molar-refractivity contribution in [2.45, 2.75) is 25.8 Å². The van der Waals surface area contributed by atoms with Crippen LogP contribution in [0.3, 0.4) is 0 Å². The van der Waals surface area contributed by atoms with Crippen molar-refractivity contribution in [1.82, 2.24) is 10.2 Å². The minimum Gasteiger partial charge on any atom is -0.369 e. The summed E-state index contributed by atoms with van der Waals surface area (Å²) in [5.74, 6) is 0. The van der Waals surface area contributed by atoms with E-state index in [9.17, 15) is 0 Å². The Labute approximate surface area is 116 Å². The molecule has 1 aromatic rings. The molecule has 2 heterocycles. The van der Waals surface area contributed by atoms with Gasteiger partial charge in [0.25, 0.3) is 0 Å². The van der Waals surface area contributed by atoms with Crippen molar-refractivity contribution in [3.8, 4) is 0 Å². The van der Waals surface area contributed by atoms with E-state index in [1.165, 1.54) is 63.4 Å². The van der Waals surface area contributed by atoms with E-state index in [1.807, 2.05) is 0 Å². The third-order valence-electron chi connectivity index (χ3n) is 4.56. The molecule has 3 rings (SSSR count). The summed E-state index contributed by atoms with van der Waals surface area (Å²) in [6, 6.07) is 9.52. The van der Waals surface area contributed by atoms with Gasteiger partial charge in [0.05, 0.1) is 0 Å². The average Bonchev–Trinajstić information content (AvgIpc) is 2.49. The summed E-state index contributed by atoms with van der Waals surface area (Å²) in [5, 5.41) is 3.53. The van der Waals surface area contributed by atoms with Gasteiger partial charge in [0.2, 0.25) is 0 Å². The first-order valence-corrected chi connectivity index (χ1v) is 7.60. The standard InChI is InChI=1S/C16H25N3/c1-14-5-2-3-7-16(14)19-11-9-18(10-12-19)15-6-4-8-17-13-15/h2-3,5,7,15,17H,4,6,8-13H2,1H3. The van der Waals surface area contributed by atoms with E-state index in [2.05, 4.69) is 46.3 Å². The molecular weight excluding hydrogens is 234 g/mol. The topological polar surface area (TPSA) is 18.5 Å². The Morgan fingerprint density at radius 3 is 2.58 bits per heavy atom. The van der Waals surface area contributed by atoms with E-state index in [0.717, 1.165) is 6.04 Å². The van der Waals surface area contributed by atoms with Crippen molar-refractivity contribution in [3.05, 3.63) is 29.8 Å². The first-order valence-electron chi connectivity index (χ1n) is 7.60. The van der Waals surface area contributed by atoms with Crippen molar-refractivity contribution < 1.29 is 0 Å². The Morgan fingerprint density at radius 2 is 1.89 bits per heavy atom. The lowest BCUT2D eigenvalue weighted by Gasteiger charge is -2.42. The molecule has 3 heteroatoms. The van der Waals surface area contributed by atoms with Gasteiger partial charge in [-0.3, -0.25) is 4.90 Å². The van der Waals surface area contributed by atoms with Gasteiger partial charge in [-0.1, -0.05) is 18.2 Å². The number of benzene rings is 1. The largest absolute Gasteiger partial charge is 0.369 e. The second-order valence-corrected chi connectivity index (χ2v) is 5.81. The number of nitrogens with one attached hydrogen (secondary N) is 1. The molecule has 1 atom stereocenters. The van der Waals surface area contributed by atoms with Crippen molar-refractivity contribution in [2.24, 2.45) is 0 Å². The fourth-order valence-corrected chi connectivity index (χ4v) is 3.39. The molecule has 2 fully saturated rings. The lowest BCUT2D eigenvalue weighted by molar-refractivity contribution is 0.157. The van der Waals surface area contributed by atoms with Gasteiger partial charge in [-0.05, 0) is 37.9 Å². The maximum Gasteiger partial charge on any atom is 0.0396 e. The fraction of sp³-hybridized carbons (Fsp3) is 0.625. The Hall–Kier alpha value is -1.06. The maximum absolute atomic E-state index is 3.53. The summed E-state index contributed by atoms with van der Waals surface area (Å²) in [6.07, 6.45) is 2.71. The van der Waals surface area contributed by atoms with Crippen LogP contribution < -0.4 is 10.2 Å². The fourth-order valence-electron chi connectivity index (χ4n) is 3.39. The first-order chi connectivity index (χ1) is 9.34. The zero-order valence-corrected chi connectivity index (χ0v) is 11.9. The molecule has 0 spiro atoms. The van der Waals surface area contributed by atoms with Crippen molar-refractivity contribution in [1.29, 1.82) is 0 Å². The molecule has 0 aromatic heterocycles. The van der Waals surface area contributed by atoms with Crippen LogP contribution in [0.25, 0.3) is 0 Å². The van der Waals surface area contributed by atoms with E-state index in [-0.39, 0.29) is 0 Å². The molecule has 0 bridgehead atoms. The minimum atomic E-state index is 0.771. The number of anilines is 1. The number of piperazine rings is 1. The molecule has 2 aliphatic rings. The van der Waals surface area contributed by atoms with Crippen LogP contribution in [0.5, 0.6) is 0 Å². The van der Waals surface area contributed by atoms with Gasteiger partial charge < -0.3 is 10.2 Å². The van der Waals surface area contributed by atoms with Gasteiger partial charge in [0.1, 0.15) is 0 Å². The van der Waals surface area contributed by atoms with Crippen LogP contribution in [0.1, 0.15) is 18.4 Å². The SMILES string of the molecule is Cc1ccccc1N1CCN(C2CCCNC2)CC1. The Kier molecular flexibility index (Phi) is 4.04. The highest BCUT2D eigenvalue weighted by molar-refractivity contribution is 5.53. The summed E-state index contributed by atoms with van der Waals surface area (Å²) < 4.78 is 0. The zero-order chi connectivity index (χ0) is 13.1. The minimum absolute atomic E-state index is 0.771. The highest BCUT2D eigenvalue weighted by atomic mass is 15.3. The number of para-hydroxylation sites is 1. The quantitative estimate of drug-likeness (QED) is 0.875. The second-order valence-electron chi connectivity index (χ2n) is 5.81. The summed E-state index contributed by atoms with van der Waals surface area (Å²) in [4.78, 5) is 5.23. The second kappa shape index (κ2) is 5.93. The van der Waals surface area contributed by atoms with Gasteiger partial charge in [-0.15, -0.1) is 0 Å². The Bertz CT molecular complexity index is 404. The van der Waals surface area contributed by atoms with Gasteiger partial charge in [0, 0.05) is 44.5 Å². The molecule has 2 aliphatic heterocycles. The molecule has 0 aliphatic carbocycles. The molecular formula is C16H25N3. The van der Waals surface area contributed by atoms with Crippen LogP contribution in [0.4, 0.5) is 5.69 Å². The summed E-state index contributed by atoms with van der Waals surface area (Å²) in [6.45, 7) is 9.36. The molecule has 0 amide bonds. The monoisotopic (exact) mass is 259 g/mol. The predicted molar refractivity (Wildman–Crippen MR) is 80.9 cm³/mol. The molecule has 3 nitrogen and oxygen atoms in total. The number of piperidine rings is 1. The van der Waals surface area contributed by atoms with Crippen LogP contribution in [-0.2, 0) is 0 Å². The third kappa shape index (κ3) is 2.93. The van der Waals surface area contributed by atoms with Gasteiger partial charge in [-0.25, -0.2) is 0 Å². The van der Waals surface area contributed by atoms with Crippen LogP contribution in [0.15, 0.2) is 24.3 Å². The van der Waals surface area contributed by atoms with Crippen LogP contribution >= 0.6 is 0 Å². The normalized spacial score (nSPS) is 25.5. The first kappa shape index (κ1) is 12.9. The van der Waals surface area contributed by atoms with Crippen molar-refractivity contribution in [3.63, 3.8) is 0 Å². The molecule has 0 radical (unpaired) electrons. The van der Waals surface area contributed by atoms with Gasteiger partial charge >= 0.3 is 0 Å². The van der Waals surface area contributed by atoms with Crippen LogP contribution in [-0.4, -0.2) is 50.2 Å². The predicted octanol–water partition coefficient (Wildman–Crippen LogP) is 1.87. The zero-order valence-electron chi connectivity index (χ0n) is 11.9. The van der Waals surface area contributed by atoms with E-state index in [0.29, 0.717) is 0 Å². The van der Waals surface area contributed by atoms with E-state index in [4.69, 9.17) is 0 Å². The molecule has 1 aromatic carbocycles. The lowest BCUT2D eigenvalue weighted by Crippen LogP contribution is -2.54. The molecule has 2 saturated heterocycles. The lowest BCUT2D eigenvalue weighted by atomic mass is 10.0. The Balaban J connectivity index is 1.58. The average molecular weight is 259 g/mol. The third-order valence-corrected chi connectivity index (χ3v) is 4.56. The van der Waals surface area contributed by atoms with E-state index < -0.39 is 0 Å². The maximum atomic E-state index is 3.53. The number of hydrogen-bond donors (Lipinski definition) is 1. The van der Waals surface area contributed by atoms with E-state index in [1.54, 1.807) is 0 Å². The molecule has 1 unspecified atom stereocenters. The molecule has 19 heavy (non-hydrogen) atoms. The van der Waals surface area contributed by atoms with Gasteiger partial charge in [0.15, 0.2) is 0 Å². The molecule has 104 valence electrons. The smallest absolute Gasteiger partial charge is 0.0396 e. The summed E-state index contributed by atoms with van der Waals surface area (Å²) >= 11 is 0. The van der Waals surface area contributed by atoms with Crippen molar-refractivity contribution >= 4 is 5.69 Å². The molecule has 1 N–H and O–H groups in total. The Morgan fingerprint density at radius 1 is 1.11 bits per heavy atom. The van der Waals surface area contributed by atoms with Crippen LogP contribution in [0.2, 0.25) is 0 Å². The number of hydrogen-bond acceptors (Lipinski definition) is 3. The summed E-state index contributed by atoms with van der Waals surface area (Å²) in [5.41, 5.74) is 2.82. The van der Waals surface area contributed by atoms with Gasteiger partial charge in [-0.2, -0.15) is 0 Å². The number of nitrogens with zero attached hydrogens (tertiary/aromatic N) is 2. The summed E-state index contributed by atoms with van der Waals surface area (Å²) in [7, 11) is 0. The van der Waals surface area contributed by atoms with Crippen LogP contribution in [0, 0.1) is 6.92 Å². The number of rotatable bonds is 2. The highest BCUT2D eigenvalue weighted by Gasteiger charge is 2.25. The van der Waals surface area contributed by atoms with E-state index >= 15 is 0 Å². The number of aryl methyl sites for hydroxylation is 1. The molecule has 0 saturated carbocycles.